The maximum absolute atomic E-state index is 14.0. The molecule has 21 heavy (non-hydrogen) atoms. The quantitative estimate of drug-likeness (QED) is 0.703. The molecule has 1 fully saturated rings. The number of hydrogen-bond acceptors (Lipinski definition) is 2. The molecule has 5 heteroatoms. The van der Waals surface area contributed by atoms with Crippen molar-refractivity contribution in [3.63, 3.8) is 0 Å². The second kappa shape index (κ2) is 4.91. The molecule has 1 saturated carbocycles. The van der Waals surface area contributed by atoms with Crippen LogP contribution in [-0.4, -0.2) is 15.0 Å². The van der Waals surface area contributed by atoms with Crippen LogP contribution in [0.2, 0.25) is 0 Å². The van der Waals surface area contributed by atoms with E-state index < -0.39 is 0 Å². The normalized spacial score (nSPS) is 14.8. The number of nitrogens with zero attached hydrogens (tertiary/aromatic N) is 3. The van der Waals surface area contributed by atoms with Crippen molar-refractivity contribution >= 4 is 27.0 Å². The molecule has 4 rings (SSSR count). The molecule has 0 aliphatic heterocycles. The number of fused-ring (bicyclic) bond motifs is 1. The van der Waals surface area contributed by atoms with Gasteiger partial charge in [0.2, 0.25) is 0 Å². The van der Waals surface area contributed by atoms with Crippen LogP contribution in [0.3, 0.4) is 0 Å². The van der Waals surface area contributed by atoms with E-state index in [-0.39, 0.29) is 5.82 Å². The summed E-state index contributed by atoms with van der Waals surface area (Å²) < 4.78 is 16.7. The molecule has 0 N–H and O–H groups in total. The van der Waals surface area contributed by atoms with Crippen LogP contribution in [0.1, 0.15) is 12.8 Å². The SMILES string of the molecule is Fc1ccccc1-c1ccc2c(nnn2CC2CC2)c1Br. The summed E-state index contributed by atoms with van der Waals surface area (Å²) in [5, 5.41) is 8.49. The smallest absolute Gasteiger partial charge is 0.131 e. The molecule has 1 aliphatic rings. The summed E-state index contributed by atoms with van der Waals surface area (Å²) in [5.41, 5.74) is 3.16. The van der Waals surface area contributed by atoms with Gasteiger partial charge in [0.05, 0.1) is 9.99 Å². The lowest BCUT2D eigenvalue weighted by molar-refractivity contribution is 0.559. The van der Waals surface area contributed by atoms with Gasteiger partial charge >= 0.3 is 0 Å². The second-order valence-corrected chi connectivity index (χ2v) is 6.28. The first kappa shape index (κ1) is 13.0. The third kappa shape index (κ3) is 2.25. The summed E-state index contributed by atoms with van der Waals surface area (Å²) in [6, 6.07) is 10.7. The van der Waals surface area contributed by atoms with Crippen LogP contribution in [0.5, 0.6) is 0 Å². The van der Waals surface area contributed by atoms with E-state index in [1.165, 1.54) is 18.9 Å². The van der Waals surface area contributed by atoms with Gasteiger partial charge in [0.1, 0.15) is 11.3 Å². The Hall–Kier alpha value is -1.75. The maximum Gasteiger partial charge on any atom is 0.131 e. The van der Waals surface area contributed by atoms with Gasteiger partial charge in [0.15, 0.2) is 0 Å². The fourth-order valence-corrected chi connectivity index (χ4v) is 3.20. The minimum Gasteiger partial charge on any atom is -0.244 e. The van der Waals surface area contributed by atoms with E-state index in [0.717, 1.165) is 33.5 Å². The Kier molecular flexibility index (Phi) is 3.03. The van der Waals surface area contributed by atoms with Crippen LogP contribution in [0, 0.1) is 11.7 Å². The molecule has 3 aromatic rings. The van der Waals surface area contributed by atoms with Crippen molar-refractivity contribution in [2.45, 2.75) is 19.4 Å². The minimum atomic E-state index is -0.233. The molecule has 0 spiro atoms. The highest BCUT2D eigenvalue weighted by Crippen LogP contribution is 2.36. The van der Waals surface area contributed by atoms with E-state index in [0.29, 0.717) is 5.56 Å². The van der Waals surface area contributed by atoms with Crippen molar-refractivity contribution in [2.75, 3.05) is 0 Å². The zero-order chi connectivity index (χ0) is 14.4. The van der Waals surface area contributed by atoms with Gasteiger partial charge in [0, 0.05) is 17.7 Å². The van der Waals surface area contributed by atoms with Gasteiger partial charge in [-0.05, 0) is 46.8 Å². The first-order chi connectivity index (χ1) is 10.2. The number of halogens is 2. The molecule has 1 aliphatic carbocycles. The molecular weight excluding hydrogens is 333 g/mol. The molecule has 2 aromatic carbocycles. The van der Waals surface area contributed by atoms with Crippen molar-refractivity contribution < 1.29 is 4.39 Å². The van der Waals surface area contributed by atoms with Crippen molar-refractivity contribution in [1.82, 2.24) is 15.0 Å². The monoisotopic (exact) mass is 345 g/mol. The molecule has 0 saturated heterocycles. The van der Waals surface area contributed by atoms with Crippen LogP contribution < -0.4 is 0 Å². The Balaban J connectivity index is 1.85. The van der Waals surface area contributed by atoms with Crippen LogP contribution in [0.4, 0.5) is 4.39 Å². The molecule has 3 nitrogen and oxygen atoms in total. The molecular formula is C16H13BrFN3. The highest BCUT2D eigenvalue weighted by molar-refractivity contribution is 9.10. The summed E-state index contributed by atoms with van der Waals surface area (Å²) in [4.78, 5) is 0. The van der Waals surface area contributed by atoms with E-state index in [1.807, 2.05) is 22.9 Å². The molecule has 1 heterocycles. The summed E-state index contributed by atoms with van der Waals surface area (Å²) in [6.45, 7) is 0.919. The van der Waals surface area contributed by atoms with Gasteiger partial charge in [0.25, 0.3) is 0 Å². The van der Waals surface area contributed by atoms with E-state index in [1.54, 1.807) is 12.1 Å². The lowest BCUT2D eigenvalue weighted by atomic mass is 10.0. The molecule has 0 atom stereocenters. The van der Waals surface area contributed by atoms with Crippen LogP contribution in [0.25, 0.3) is 22.2 Å². The molecule has 0 bridgehead atoms. The first-order valence-corrected chi connectivity index (χ1v) is 7.80. The predicted molar refractivity (Wildman–Crippen MR) is 83.3 cm³/mol. The van der Waals surface area contributed by atoms with Crippen LogP contribution in [0.15, 0.2) is 40.9 Å². The van der Waals surface area contributed by atoms with Gasteiger partial charge in [-0.1, -0.05) is 29.5 Å². The Morgan fingerprint density at radius 2 is 1.95 bits per heavy atom. The number of hydrogen-bond donors (Lipinski definition) is 0. The molecule has 0 unspecified atom stereocenters. The standard InChI is InChI=1S/C16H13BrFN3/c17-15-12(11-3-1-2-4-13(11)18)7-8-14-16(15)19-20-21(14)9-10-5-6-10/h1-4,7-8,10H,5-6,9H2. The van der Waals surface area contributed by atoms with Crippen LogP contribution in [-0.2, 0) is 6.54 Å². The van der Waals surface area contributed by atoms with Gasteiger partial charge in [-0.2, -0.15) is 0 Å². The van der Waals surface area contributed by atoms with E-state index >= 15 is 0 Å². The van der Waals surface area contributed by atoms with Crippen LogP contribution >= 0.6 is 15.9 Å². The highest BCUT2D eigenvalue weighted by Gasteiger charge is 2.24. The fraction of sp³-hybridized carbons (Fsp3) is 0.250. The number of benzene rings is 2. The summed E-state index contributed by atoms with van der Waals surface area (Å²) in [5.74, 6) is 0.503. The average Bonchev–Trinajstić information content (AvgIpc) is 3.20. The van der Waals surface area contributed by atoms with E-state index in [9.17, 15) is 4.39 Å². The lowest BCUT2D eigenvalue weighted by Crippen LogP contribution is -2.01. The third-order valence-corrected chi connectivity index (χ3v) is 4.72. The fourth-order valence-electron chi connectivity index (χ4n) is 2.57. The van der Waals surface area contributed by atoms with Crippen molar-refractivity contribution in [3.05, 3.63) is 46.7 Å². The van der Waals surface area contributed by atoms with Crippen molar-refractivity contribution in [2.24, 2.45) is 5.92 Å². The van der Waals surface area contributed by atoms with Crippen molar-refractivity contribution in [3.8, 4) is 11.1 Å². The molecule has 0 amide bonds. The van der Waals surface area contributed by atoms with E-state index in [2.05, 4.69) is 26.2 Å². The third-order valence-electron chi connectivity index (χ3n) is 3.92. The summed E-state index contributed by atoms with van der Waals surface area (Å²) >= 11 is 3.57. The van der Waals surface area contributed by atoms with E-state index in [4.69, 9.17) is 0 Å². The zero-order valence-corrected chi connectivity index (χ0v) is 12.8. The van der Waals surface area contributed by atoms with Crippen molar-refractivity contribution in [1.29, 1.82) is 0 Å². The molecule has 1 aromatic heterocycles. The Morgan fingerprint density at radius 1 is 1.14 bits per heavy atom. The maximum atomic E-state index is 14.0. The largest absolute Gasteiger partial charge is 0.244 e. The first-order valence-electron chi connectivity index (χ1n) is 7.00. The Bertz CT molecular complexity index is 824. The van der Waals surface area contributed by atoms with Gasteiger partial charge in [-0.25, -0.2) is 9.07 Å². The zero-order valence-electron chi connectivity index (χ0n) is 11.3. The molecule has 0 radical (unpaired) electrons. The van der Waals surface area contributed by atoms with Gasteiger partial charge < -0.3 is 0 Å². The predicted octanol–water partition coefficient (Wildman–Crippen LogP) is 4.41. The highest BCUT2D eigenvalue weighted by atomic mass is 79.9. The summed E-state index contributed by atoms with van der Waals surface area (Å²) in [7, 11) is 0. The topological polar surface area (TPSA) is 30.7 Å². The lowest BCUT2D eigenvalue weighted by Gasteiger charge is -2.07. The van der Waals surface area contributed by atoms with Gasteiger partial charge in [-0.3, -0.25) is 0 Å². The second-order valence-electron chi connectivity index (χ2n) is 5.49. The molecule has 106 valence electrons. The van der Waals surface area contributed by atoms with Gasteiger partial charge in [-0.15, -0.1) is 5.10 Å². The summed E-state index contributed by atoms with van der Waals surface area (Å²) in [6.07, 6.45) is 2.55. The number of rotatable bonds is 3. The Morgan fingerprint density at radius 3 is 2.71 bits per heavy atom. The number of aromatic nitrogens is 3. The average molecular weight is 346 g/mol. The Labute approximate surface area is 129 Å². The minimum absolute atomic E-state index is 0.233.